The van der Waals surface area contributed by atoms with E-state index in [-0.39, 0.29) is 6.54 Å². The highest BCUT2D eigenvalue weighted by molar-refractivity contribution is 6.00. The molecule has 5 nitrogen and oxygen atoms in total. The van der Waals surface area contributed by atoms with Crippen LogP contribution in [-0.2, 0) is 14.3 Å². The Kier molecular flexibility index (Phi) is 3.69. The lowest BCUT2D eigenvalue weighted by molar-refractivity contribution is -0.149. The zero-order chi connectivity index (χ0) is 14.0. The largest absolute Gasteiger partial charge is 0.497 e. The predicted octanol–water partition coefficient (Wildman–Crippen LogP) is 0.837. The molecule has 1 fully saturated rings. The van der Waals surface area contributed by atoms with Crippen molar-refractivity contribution in [3.63, 3.8) is 0 Å². The Bertz CT molecular complexity index is 517. The van der Waals surface area contributed by atoms with Crippen LogP contribution >= 0.6 is 0 Å². The minimum Gasteiger partial charge on any atom is -0.497 e. The summed E-state index contributed by atoms with van der Waals surface area (Å²) in [6.07, 6.45) is 0. The van der Waals surface area contributed by atoms with E-state index in [4.69, 9.17) is 4.74 Å². The first-order chi connectivity index (χ1) is 9.08. The number of halogens is 1. The summed E-state index contributed by atoms with van der Waals surface area (Å²) in [6, 6.07) is 4.34. The Balaban J connectivity index is 2.35. The number of carbonyl (C=O) groups is 2. The van der Waals surface area contributed by atoms with Crippen molar-refractivity contribution in [2.75, 3.05) is 20.8 Å². The number of hydrogen-bond donors (Lipinski definition) is 1. The second-order valence-electron chi connectivity index (χ2n) is 4.24. The maximum atomic E-state index is 14.0. The van der Waals surface area contributed by atoms with Gasteiger partial charge in [-0.1, -0.05) is 6.07 Å². The van der Waals surface area contributed by atoms with Crippen LogP contribution in [0.1, 0.15) is 11.5 Å². The van der Waals surface area contributed by atoms with Crippen molar-refractivity contribution in [1.29, 1.82) is 0 Å². The van der Waals surface area contributed by atoms with Crippen LogP contribution in [0, 0.1) is 11.7 Å². The van der Waals surface area contributed by atoms with Gasteiger partial charge < -0.3 is 14.8 Å². The van der Waals surface area contributed by atoms with Gasteiger partial charge in [0.15, 0.2) is 0 Å². The van der Waals surface area contributed by atoms with E-state index in [9.17, 15) is 14.0 Å². The maximum absolute atomic E-state index is 14.0. The Labute approximate surface area is 109 Å². The quantitative estimate of drug-likeness (QED) is 0.651. The van der Waals surface area contributed by atoms with E-state index in [1.165, 1.54) is 26.4 Å². The van der Waals surface area contributed by atoms with Gasteiger partial charge in [0, 0.05) is 18.5 Å². The lowest BCUT2D eigenvalue weighted by atomic mass is 9.88. The van der Waals surface area contributed by atoms with Gasteiger partial charge in [-0.25, -0.2) is 4.39 Å². The van der Waals surface area contributed by atoms with E-state index in [1.807, 2.05) is 0 Å². The molecule has 1 N–H and O–H groups in total. The summed E-state index contributed by atoms with van der Waals surface area (Å²) in [6.45, 7) is 0.210. The number of benzene rings is 1. The molecule has 0 spiro atoms. The number of carbonyl (C=O) groups excluding carboxylic acids is 2. The fourth-order valence-electron chi connectivity index (χ4n) is 2.24. The molecule has 6 heteroatoms. The monoisotopic (exact) mass is 267 g/mol. The van der Waals surface area contributed by atoms with Gasteiger partial charge in [-0.05, 0) is 11.6 Å². The van der Waals surface area contributed by atoms with E-state index in [2.05, 4.69) is 10.1 Å². The third-order valence-electron chi connectivity index (χ3n) is 3.24. The standard InChI is InChI=1S/C13H14FNO4/c1-18-7-3-4-8(10(14)5-7)9-6-15-12(16)11(9)13(17)19-2/h3-5,9,11H,6H2,1-2H3,(H,15,16)/t9-,11-/m0/s1. The molecule has 1 saturated heterocycles. The molecule has 2 rings (SSSR count). The molecule has 1 aliphatic rings. The minimum absolute atomic E-state index is 0.210. The maximum Gasteiger partial charge on any atom is 0.318 e. The fraction of sp³-hybridized carbons (Fsp3) is 0.385. The third-order valence-corrected chi connectivity index (χ3v) is 3.24. The first-order valence-corrected chi connectivity index (χ1v) is 5.77. The molecular weight excluding hydrogens is 253 g/mol. The average Bonchev–Trinajstić information content (AvgIpc) is 2.79. The molecule has 0 saturated carbocycles. The highest BCUT2D eigenvalue weighted by atomic mass is 19.1. The molecule has 1 heterocycles. The van der Waals surface area contributed by atoms with Gasteiger partial charge in [0.05, 0.1) is 14.2 Å². The number of methoxy groups -OCH3 is 2. The first-order valence-electron chi connectivity index (χ1n) is 5.77. The van der Waals surface area contributed by atoms with Gasteiger partial charge in [0.25, 0.3) is 0 Å². The first kappa shape index (κ1) is 13.3. The topological polar surface area (TPSA) is 64.6 Å². The highest BCUT2D eigenvalue weighted by Gasteiger charge is 2.42. The molecule has 1 aromatic carbocycles. The van der Waals surface area contributed by atoms with Crippen LogP contribution in [-0.4, -0.2) is 32.6 Å². The van der Waals surface area contributed by atoms with E-state index < -0.39 is 29.5 Å². The van der Waals surface area contributed by atoms with Gasteiger partial charge >= 0.3 is 5.97 Å². The number of esters is 1. The molecule has 102 valence electrons. The summed E-state index contributed by atoms with van der Waals surface area (Å²) in [4.78, 5) is 23.2. The minimum atomic E-state index is -1.01. The Morgan fingerprint density at radius 1 is 1.42 bits per heavy atom. The average molecular weight is 267 g/mol. The summed E-state index contributed by atoms with van der Waals surface area (Å²) in [7, 11) is 2.64. The molecule has 0 bridgehead atoms. The van der Waals surface area contributed by atoms with Crippen molar-refractivity contribution in [3.8, 4) is 5.75 Å². The van der Waals surface area contributed by atoms with E-state index in [1.54, 1.807) is 6.07 Å². The second-order valence-corrected chi connectivity index (χ2v) is 4.24. The van der Waals surface area contributed by atoms with Crippen LogP contribution in [0.4, 0.5) is 4.39 Å². The SMILES string of the molecule is COC(=O)[C@@H]1C(=O)NC[C@H]1c1ccc(OC)cc1F. The summed E-state index contributed by atoms with van der Waals surface area (Å²) >= 11 is 0. The molecule has 0 radical (unpaired) electrons. The van der Waals surface area contributed by atoms with Crippen LogP contribution < -0.4 is 10.1 Å². The molecular formula is C13H14FNO4. The molecule has 0 unspecified atom stereocenters. The number of rotatable bonds is 3. The summed E-state index contributed by atoms with van der Waals surface area (Å²) in [5, 5.41) is 2.55. The molecule has 19 heavy (non-hydrogen) atoms. The highest BCUT2D eigenvalue weighted by Crippen LogP contribution is 2.32. The molecule has 0 aliphatic carbocycles. The normalized spacial score (nSPS) is 21.9. The summed E-state index contributed by atoms with van der Waals surface area (Å²) in [5.41, 5.74) is 0.301. The molecule has 0 aromatic heterocycles. The number of ether oxygens (including phenoxy) is 2. The van der Waals surface area contributed by atoms with Gasteiger partial charge in [-0.2, -0.15) is 0 Å². The zero-order valence-electron chi connectivity index (χ0n) is 10.6. The Morgan fingerprint density at radius 3 is 2.74 bits per heavy atom. The fourth-order valence-corrected chi connectivity index (χ4v) is 2.24. The zero-order valence-corrected chi connectivity index (χ0v) is 10.6. The van der Waals surface area contributed by atoms with Crippen molar-refractivity contribution in [2.24, 2.45) is 5.92 Å². The second kappa shape index (κ2) is 5.26. The van der Waals surface area contributed by atoms with Crippen molar-refractivity contribution in [1.82, 2.24) is 5.32 Å². The van der Waals surface area contributed by atoms with Crippen molar-refractivity contribution in [2.45, 2.75) is 5.92 Å². The van der Waals surface area contributed by atoms with Gasteiger partial charge in [0.2, 0.25) is 5.91 Å². The van der Waals surface area contributed by atoms with E-state index in [0.717, 1.165) is 0 Å². The molecule has 2 atom stereocenters. The summed E-state index contributed by atoms with van der Waals surface area (Å²) in [5.74, 6) is -2.79. The molecule has 1 aliphatic heterocycles. The Morgan fingerprint density at radius 2 is 2.16 bits per heavy atom. The lowest BCUT2D eigenvalue weighted by Crippen LogP contribution is -2.28. The van der Waals surface area contributed by atoms with Crippen molar-refractivity contribution >= 4 is 11.9 Å². The van der Waals surface area contributed by atoms with Gasteiger partial charge in [-0.3, -0.25) is 9.59 Å². The summed E-state index contributed by atoms with van der Waals surface area (Å²) < 4.78 is 23.5. The predicted molar refractivity (Wildman–Crippen MR) is 64.2 cm³/mol. The Hall–Kier alpha value is -2.11. The number of amides is 1. The smallest absolute Gasteiger partial charge is 0.318 e. The van der Waals surface area contributed by atoms with Crippen LogP contribution in [0.25, 0.3) is 0 Å². The molecule has 1 amide bonds. The molecule has 1 aromatic rings. The van der Waals surface area contributed by atoms with E-state index >= 15 is 0 Å². The van der Waals surface area contributed by atoms with Gasteiger partial charge in [0.1, 0.15) is 17.5 Å². The lowest BCUT2D eigenvalue weighted by Gasteiger charge is -2.16. The number of nitrogens with one attached hydrogen (secondary N) is 1. The van der Waals surface area contributed by atoms with Crippen LogP contribution in [0.2, 0.25) is 0 Å². The van der Waals surface area contributed by atoms with E-state index in [0.29, 0.717) is 11.3 Å². The van der Waals surface area contributed by atoms with Crippen molar-refractivity contribution in [3.05, 3.63) is 29.6 Å². The van der Waals surface area contributed by atoms with Crippen LogP contribution in [0.5, 0.6) is 5.75 Å². The van der Waals surface area contributed by atoms with Crippen LogP contribution in [0.15, 0.2) is 18.2 Å². The number of hydrogen-bond acceptors (Lipinski definition) is 4. The van der Waals surface area contributed by atoms with Crippen LogP contribution in [0.3, 0.4) is 0 Å². The van der Waals surface area contributed by atoms with Gasteiger partial charge in [-0.15, -0.1) is 0 Å². The third kappa shape index (κ3) is 2.38. The van der Waals surface area contributed by atoms with Crippen molar-refractivity contribution < 1.29 is 23.5 Å².